The molecule has 0 aromatic heterocycles. The number of hydrogen-bond donors (Lipinski definition) is 0. The van der Waals surface area contributed by atoms with Crippen LogP contribution >= 0.6 is 0 Å². The van der Waals surface area contributed by atoms with Crippen LogP contribution in [0.4, 0.5) is 8.78 Å². The molecule has 194 valence electrons. The number of ether oxygens (including phenoxy) is 2. The summed E-state index contributed by atoms with van der Waals surface area (Å²) in [4.78, 5) is 17.9. The number of rotatable bonds is 9. The maximum atomic E-state index is 15.3. The summed E-state index contributed by atoms with van der Waals surface area (Å²) in [5.74, 6) is -1.95. The normalized spacial score (nSPS) is 19.3. The highest BCUT2D eigenvalue weighted by Crippen LogP contribution is 2.35. The van der Waals surface area contributed by atoms with Crippen LogP contribution in [0.3, 0.4) is 0 Å². The lowest BCUT2D eigenvalue weighted by Gasteiger charge is -2.24. The number of methoxy groups -OCH3 is 1. The molecule has 0 aliphatic carbocycles. The average molecular weight is 506 g/mol. The summed E-state index contributed by atoms with van der Waals surface area (Å²) in [6, 6.07) is 12.4. The molecule has 4 nitrogen and oxygen atoms in total. The summed E-state index contributed by atoms with van der Waals surface area (Å²) in [6.45, 7) is 7.55. The molecule has 6 heteroatoms. The Kier molecular flexibility index (Phi) is 8.82. The number of nitrogens with zero attached hydrogens (tertiary/aromatic N) is 1. The number of aliphatic imine (C=N–C) groups is 1. The minimum atomic E-state index is -0.545. The maximum absolute atomic E-state index is 15.3. The molecular formula is C31H33F2NO3. The van der Waals surface area contributed by atoms with Gasteiger partial charge in [-0.2, -0.15) is 0 Å². The van der Waals surface area contributed by atoms with Crippen LogP contribution in [0.25, 0.3) is 0 Å². The first-order valence-electron chi connectivity index (χ1n) is 12.8. The van der Waals surface area contributed by atoms with Gasteiger partial charge in [-0.15, -0.1) is 0 Å². The fraction of sp³-hybridized carbons (Fsp3) is 0.355. The maximum Gasteiger partial charge on any atom is 0.226 e. The predicted molar refractivity (Wildman–Crippen MR) is 142 cm³/mol. The number of carbonyl (C=O) groups excluding carboxylic acids is 1. The highest BCUT2D eigenvalue weighted by Gasteiger charge is 2.28. The lowest BCUT2D eigenvalue weighted by atomic mass is 9.83. The van der Waals surface area contributed by atoms with E-state index >= 15 is 8.78 Å². The van der Waals surface area contributed by atoms with Gasteiger partial charge in [0.05, 0.1) is 7.11 Å². The fourth-order valence-corrected chi connectivity index (χ4v) is 5.10. The molecule has 2 aliphatic heterocycles. The second-order valence-corrected chi connectivity index (χ2v) is 9.44. The Hall–Kier alpha value is -3.38. The smallest absolute Gasteiger partial charge is 0.226 e. The van der Waals surface area contributed by atoms with E-state index in [4.69, 9.17) is 9.47 Å². The van der Waals surface area contributed by atoms with E-state index in [1.54, 1.807) is 18.4 Å². The van der Waals surface area contributed by atoms with Gasteiger partial charge in [-0.25, -0.2) is 8.78 Å². The van der Waals surface area contributed by atoms with Gasteiger partial charge in [0.2, 0.25) is 5.78 Å². The van der Waals surface area contributed by atoms with E-state index < -0.39 is 17.6 Å². The van der Waals surface area contributed by atoms with Crippen molar-refractivity contribution in [3.8, 4) is 0 Å². The van der Waals surface area contributed by atoms with Gasteiger partial charge in [-0.05, 0) is 71.7 Å². The van der Waals surface area contributed by atoms with Crippen LogP contribution in [-0.4, -0.2) is 38.9 Å². The second kappa shape index (κ2) is 12.2. The summed E-state index contributed by atoms with van der Waals surface area (Å²) >= 11 is 0. The Bertz CT molecular complexity index is 1230. The van der Waals surface area contributed by atoms with Gasteiger partial charge in [-0.1, -0.05) is 43.8 Å². The van der Waals surface area contributed by atoms with Crippen LogP contribution in [-0.2, 0) is 14.3 Å². The number of carbonyl (C=O) groups is 1. The van der Waals surface area contributed by atoms with Crippen molar-refractivity contribution in [2.24, 2.45) is 4.99 Å². The molecule has 2 aromatic rings. The summed E-state index contributed by atoms with van der Waals surface area (Å²) in [6.07, 6.45) is 6.85. The molecule has 0 bridgehead atoms. The molecule has 2 heterocycles. The third-order valence-corrected chi connectivity index (χ3v) is 7.26. The first-order chi connectivity index (χ1) is 17.9. The number of allylic oxidation sites excluding steroid dienone is 3. The Morgan fingerprint density at radius 2 is 1.92 bits per heavy atom. The van der Waals surface area contributed by atoms with Gasteiger partial charge in [0.25, 0.3) is 0 Å². The number of benzene rings is 2. The van der Waals surface area contributed by atoms with Gasteiger partial charge < -0.3 is 9.47 Å². The Morgan fingerprint density at radius 3 is 2.59 bits per heavy atom. The minimum absolute atomic E-state index is 0.0559. The van der Waals surface area contributed by atoms with Gasteiger partial charge in [0.1, 0.15) is 11.6 Å². The van der Waals surface area contributed by atoms with E-state index in [-0.39, 0.29) is 28.9 Å². The topological polar surface area (TPSA) is 47.9 Å². The minimum Gasteiger partial charge on any atom is -0.493 e. The van der Waals surface area contributed by atoms with Crippen LogP contribution in [0, 0.1) is 11.6 Å². The van der Waals surface area contributed by atoms with Crippen molar-refractivity contribution >= 4 is 12.0 Å². The molecule has 37 heavy (non-hydrogen) atoms. The Morgan fingerprint density at radius 1 is 1.19 bits per heavy atom. The number of hydrogen-bond acceptors (Lipinski definition) is 4. The zero-order valence-corrected chi connectivity index (χ0v) is 21.4. The highest BCUT2D eigenvalue weighted by atomic mass is 19.1. The van der Waals surface area contributed by atoms with Crippen LogP contribution in [0.15, 0.2) is 83.1 Å². The summed E-state index contributed by atoms with van der Waals surface area (Å²) in [5.41, 5.74) is 2.69. The molecule has 0 amide bonds. The van der Waals surface area contributed by atoms with Crippen molar-refractivity contribution in [3.05, 3.63) is 106 Å². The van der Waals surface area contributed by atoms with E-state index in [9.17, 15) is 4.79 Å². The fourth-order valence-electron chi connectivity index (χ4n) is 5.10. The predicted octanol–water partition coefficient (Wildman–Crippen LogP) is 6.80. The number of halogens is 2. The molecule has 2 aliphatic rings. The quantitative estimate of drug-likeness (QED) is 0.278. The number of Topliss-reactive ketones (excluding diaryl/α,β-unsaturated/α-hetero) is 1. The first-order valence-corrected chi connectivity index (χ1v) is 12.8. The monoisotopic (exact) mass is 505 g/mol. The van der Waals surface area contributed by atoms with Crippen molar-refractivity contribution in [2.75, 3.05) is 26.9 Å². The molecule has 0 radical (unpaired) electrons. The van der Waals surface area contributed by atoms with Crippen LogP contribution in [0.1, 0.15) is 60.6 Å². The molecule has 1 fully saturated rings. The largest absolute Gasteiger partial charge is 0.493 e. The molecule has 2 aromatic carbocycles. The SMILES string of the molecule is C=C(C(=O)C(=CC(CC)c1cc(F)c(C2CCOCC2)cc1F)OC)C1=CC=NCC1c1ccccc1. The molecule has 2 unspecified atom stereocenters. The van der Waals surface area contributed by atoms with Crippen molar-refractivity contribution in [1.82, 2.24) is 0 Å². The number of ketones is 1. The van der Waals surface area contributed by atoms with Gasteiger partial charge in [0.15, 0.2) is 5.76 Å². The summed E-state index contributed by atoms with van der Waals surface area (Å²) < 4.78 is 41.2. The molecule has 4 rings (SSSR count). The molecule has 0 N–H and O–H groups in total. The van der Waals surface area contributed by atoms with Crippen LogP contribution in [0.5, 0.6) is 0 Å². The van der Waals surface area contributed by atoms with E-state index in [1.165, 1.54) is 19.2 Å². The molecule has 0 spiro atoms. The standard InChI is InChI=1S/C31H33F2NO3/c1-4-21(25-17-29(33)26(18-28(25)32)23-11-14-37-15-12-23)16-30(36-3)31(35)20(2)24-10-13-34-19-27(24)22-8-6-5-7-9-22/h5-10,13,16-18,21,23,27H,2,4,11-12,14-15,19H2,1,3H3. The molecule has 2 atom stereocenters. The third-order valence-electron chi connectivity index (χ3n) is 7.26. The second-order valence-electron chi connectivity index (χ2n) is 9.44. The van der Waals surface area contributed by atoms with Crippen molar-refractivity contribution in [2.45, 2.75) is 43.9 Å². The van der Waals surface area contributed by atoms with Crippen LogP contribution < -0.4 is 0 Å². The van der Waals surface area contributed by atoms with E-state index in [2.05, 4.69) is 11.6 Å². The van der Waals surface area contributed by atoms with Crippen molar-refractivity contribution < 1.29 is 23.0 Å². The lowest BCUT2D eigenvalue weighted by molar-refractivity contribution is -0.114. The highest BCUT2D eigenvalue weighted by molar-refractivity contribution is 6.10. The third kappa shape index (κ3) is 5.96. The molecule has 0 saturated carbocycles. The van der Waals surface area contributed by atoms with Gasteiger partial charge >= 0.3 is 0 Å². The number of dihydropyridines is 1. The van der Waals surface area contributed by atoms with E-state index in [1.807, 2.05) is 37.3 Å². The van der Waals surface area contributed by atoms with E-state index in [0.29, 0.717) is 50.2 Å². The van der Waals surface area contributed by atoms with Gasteiger partial charge in [0, 0.05) is 43.4 Å². The van der Waals surface area contributed by atoms with Crippen LogP contribution in [0.2, 0.25) is 0 Å². The average Bonchev–Trinajstić information content (AvgIpc) is 2.95. The summed E-state index contributed by atoms with van der Waals surface area (Å²) in [7, 11) is 1.40. The zero-order chi connectivity index (χ0) is 26.4. The Labute approximate surface area is 217 Å². The molecule has 1 saturated heterocycles. The lowest BCUT2D eigenvalue weighted by Crippen LogP contribution is -2.18. The Balaban J connectivity index is 1.60. The first kappa shape index (κ1) is 26.7. The van der Waals surface area contributed by atoms with Crippen molar-refractivity contribution in [3.63, 3.8) is 0 Å². The van der Waals surface area contributed by atoms with E-state index in [0.717, 1.165) is 11.1 Å². The van der Waals surface area contributed by atoms with Gasteiger partial charge in [-0.3, -0.25) is 9.79 Å². The van der Waals surface area contributed by atoms with Crippen molar-refractivity contribution in [1.29, 1.82) is 0 Å². The molecular weight excluding hydrogens is 472 g/mol. The zero-order valence-electron chi connectivity index (χ0n) is 21.4. The summed E-state index contributed by atoms with van der Waals surface area (Å²) in [5, 5.41) is 0.